The fraction of sp³-hybridized carbons (Fsp3) is 0.481. The van der Waals surface area contributed by atoms with Crippen LogP contribution >= 0.6 is 0 Å². The number of amides is 1. The van der Waals surface area contributed by atoms with Gasteiger partial charge in [-0.05, 0) is 62.1 Å². The number of halogens is 1. The Morgan fingerprint density at radius 1 is 0.875 bits per heavy atom. The van der Waals surface area contributed by atoms with Crippen molar-refractivity contribution in [3.8, 4) is 11.4 Å². The zero-order valence-corrected chi connectivity index (χ0v) is 18.7. The zero-order chi connectivity index (χ0) is 21.9. The molecule has 2 saturated carbocycles. The molecule has 0 saturated heterocycles. The number of para-hydroxylation sites is 2. The third kappa shape index (κ3) is 4.30. The van der Waals surface area contributed by atoms with Crippen molar-refractivity contribution in [1.29, 1.82) is 0 Å². The molecule has 5 rings (SSSR count). The monoisotopic (exact) mass is 433 g/mol. The first-order valence-corrected chi connectivity index (χ1v) is 12.2. The summed E-state index contributed by atoms with van der Waals surface area (Å²) in [5, 5.41) is 0. The highest BCUT2D eigenvalue weighted by atomic mass is 19.1. The van der Waals surface area contributed by atoms with Crippen molar-refractivity contribution in [2.45, 2.75) is 82.8 Å². The second-order valence-electron chi connectivity index (χ2n) is 9.40. The summed E-state index contributed by atoms with van der Waals surface area (Å²) in [6, 6.07) is 15.1. The van der Waals surface area contributed by atoms with Gasteiger partial charge in [0.25, 0.3) is 0 Å². The molecule has 1 heterocycles. The Bertz CT molecular complexity index is 1040. The van der Waals surface area contributed by atoms with Gasteiger partial charge in [-0.2, -0.15) is 0 Å². The number of fused-ring (bicyclic) bond motifs is 1. The number of nitrogens with zero attached hydrogens (tertiary/aromatic N) is 3. The molecule has 0 atom stereocenters. The second-order valence-corrected chi connectivity index (χ2v) is 9.40. The molecule has 168 valence electrons. The van der Waals surface area contributed by atoms with Gasteiger partial charge in [0.05, 0.1) is 11.0 Å². The van der Waals surface area contributed by atoms with Crippen LogP contribution in [-0.4, -0.2) is 32.4 Å². The fourth-order valence-electron chi connectivity index (χ4n) is 5.70. The molecular weight excluding hydrogens is 401 g/mol. The van der Waals surface area contributed by atoms with Gasteiger partial charge in [-0.3, -0.25) is 4.79 Å². The van der Waals surface area contributed by atoms with Crippen molar-refractivity contribution >= 4 is 16.9 Å². The van der Waals surface area contributed by atoms with Crippen LogP contribution in [0.4, 0.5) is 4.39 Å². The molecule has 2 fully saturated rings. The van der Waals surface area contributed by atoms with Gasteiger partial charge in [-0.1, -0.05) is 50.7 Å². The Morgan fingerprint density at radius 2 is 1.47 bits per heavy atom. The van der Waals surface area contributed by atoms with Gasteiger partial charge in [0, 0.05) is 17.6 Å². The third-order valence-electron chi connectivity index (χ3n) is 7.27. The SMILES string of the molecule is O=C(Cn1c(-c2ccc(F)cc2)nc2ccccc21)N(C1CCCCC1)C1CCCCC1. The van der Waals surface area contributed by atoms with E-state index < -0.39 is 0 Å². The molecule has 4 nitrogen and oxygen atoms in total. The molecule has 32 heavy (non-hydrogen) atoms. The van der Waals surface area contributed by atoms with E-state index in [0.717, 1.165) is 48.1 Å². The van der Waals surface area contributed by atoms with Crippen LogP contribution in [0.2, 0.25) is 0 Å². The highest BCUT2D eigenvalue weighted by Gasteiger charge is 2.33. The molecule has 0 spiro atoms. The molecule has 2 aliphatic rings. The molecule has 5 heteroatoms. The standard InChI is InChI=1S/C27H32FN3O/c28-21-17-15-20(16-18-21)27-29-24-13-7-8-14-25(24)30(27)19-26(32)31(22-9-3-1-4-10-22)23-11-5-2-6-12-23/h7-8,13-18,22-23H,1-6,9-12,19H2. The number of carbonyl (C=O) groups is 1. The Hall–Kier alpha value is -2.69. The van der Waals surface area contributed by atoms with Gasteiger partial charge in [0.1, 0.15) is 18.2 Å². The lowest BCUT2D eigenvalue weighted by Crippen LogP contribution is -2.50. The average molecular weight is 434 g/mol. The number of hydrogen-bond acceptors (Lipinski definition) is 2. The molecule has 2 aromatic carbocycles. The van der Waals surface area contributed by atoms with E-state index in [1.807, 2.05) is 28.8 Å². The number of benzene rings is 2. The molecule has 2 aliphatic carbocycles. The molecule has 0 aliphatic heterocycles. The summed E-state index contributed by atoms with van der Waals surface area (Å²) < 4.78 is 15.6. The van der Waals surface area contributed by atoms with Crippen molar-refractivity contribution in [3.05, 3.63) is 54.3 Å². The van der Waals surface area contributed by atoms with Crippen molar-refractivity contribution in [2.75, 3.05) is 0 Å². The Morgan fingerprint density at radius 3 is 2.09 bits per heavy atom. The highest BCUT2D eigenvalue weighted by molar-refractivity contribution is 5.84. The normalized spacial score (nSPS) is 18.2. The zero-order valence-electron chi connectivity index (χ0n) is 18.7. The minimum atomic E-state index is -0.270. The summed E-state index contributed by atoms with van der Waals surface area (Å²) in [5.74, 6) is 0.662. The first-order chi connectivity index (χ1) is 15.7. The molecular formula is C27H32FN3O. The van der Waals surface area contributed by atoms with Gasteiger partial charge in [-0.15, -0.1) is 0 Å². The molecule has 0 bridgehead atoms. The molecule has 0 N–H and O–H groups in total. The van der Waals surface area contributed by atoms with Gasteiger partial charge in [0.15, 0.2) is 0 Å². The van der Waals surface area contributed by atoms with E-state index in [1.54, 1.807) is 12.1 Å². The minimum Gasteiger partial charge on any atom is -0.335 e. The van der Waals surface area contributed by atoms with E-state index in [9.17, 15) is 9.18 Å². The maximum Gasteiger partial charge on any atom is 0.243 e. The van der Waals surface area contributed by atoms with E-state index >= 15 is 0 Å². The van der Waals surface area contributed by atoms with Crippen molar-refractivity contribution in [3.63, 3.8) is 0 Å². The minimum absolute atomic E-state index is 0.204. The molecule has 1 amide bonds. The van der Waals surface area contributed by atoms with E-state index in [2.05, 4.69) is 4.90 Å². The van der Waals surface area contributed by atoms with E-state index in [1.165, 1.54) is 50.7 Å². The maximum absolute atomic E-state index is 13.9. The van der Waals surface area contributed by atoms with E-state index in [-0.39, 0.29) is 18.3 Å². The molecule has 0 radical (unpaired) electrons. The van der Waals surface area contributed by atoms with Crippen LogP contribution in [0.3, 0.4) is 0 Å². The van der Waals surface area contributed by atoms with Crippen LogP contribution < -0.4 is 0 Å². The second kappa shape index (κ2) is 9.43. The molecule has 0 unspecified atom stereocenters. The quantitative estimate of drug-likeness (QED) is 0.471. The van der Waals surface area contributed by atoms with Gasteiger partial charge in [-0.25, -0.2) is 9.37 Å². The van der Waals surface area contributed by atoms with Gasteiger partial charge in [0.2, 0.25) is 5.91 Å². The summed E-state index contributed by atoms with van der Waals surface area (Å²) >= 11 is 0. The summed E-state index contributed by atoms with van der Waals surface area (Å²) in [4.78, 5) is 21.0. The summed E-state index contributed by atoms with van der Waals surface area (Å²) in [6.45, 7) is 0.278. The van der Waals surface area contributed by atoms with Crippen molar-refractivity contribution < 1.29 is 9.18 Å². The molecule has 3 aromatic rings. The number of imidazole rings is 1. The van der Waals surface area contributed by atoms with Crippen LogP contribution in [0, 0.1) is 5.82 Å². The Balaban J connectivity index is 1.50. The smallest absolute Gasteiger partial charge is 0.243 e. The van der Waals surface area contributed by atoms with Gasteiger partial charge < -0.3 is 9.47 Å². The van der Waals surface area contributed by atoms with E-state index in [4.69, 9.17) is 4.98 Å². The number of hydrogen-bond donors (Lipinski definition) is 0. The van der Waals surface area contributed by atoms with Gasteiger partial charge >= 0.3 is 0 Å². The molecule has 1 aromatic heterocycles. The van der Waals surface area contributed by atoms with Crippen LogP contribution in [0.5, 0.6) is 0 Å². The first kappa shape index (κ1) is 21.2. The average Bonchev–Trinajstić information content (AvgIpc) is 3.19. The lowest BCUT2D eigenvalue weighted by atomic mass is 9.88. The predicted molar refractivity (Wildman–Crippen MR) is 126 cm³/mol. The maximum atomic E-state index is 13.9. The van der Waals surface area contributed by atoms with Crippen LogP contribution in [0.1, 0.15) is 64.2 Å². The third-order valence-corrected chi connectivity index (χ3v) is 7.27. The first-order valence-electron chi connectivity index (χ1n) is 12.2. The van der Waals surface area contributed by atoms with Crippen LogP contribution in [0.15, 0.2) is 48.5 Å². The Kier molecular flexibility index (Phi) is 6.24. The summed E-state index contributed by atoms with van der Waals surface area (Å²) in [5.41, 5.74) is 2.64. The van der Waals surface area contributed by atoms with Crippen LogP contribution in [0.25, 0.3) is 22.4 Å². The largest absolute Gasteiger partial charge is 0.335 e. The van der Waals surface area contributed by atoms with Crippen molar-refractivity contribution in [2.24, 2.45) is 0 Å². The highest BCUT2D eigenvalue weighted by Crippen LogP contribution is 2.32. The lowest BCUT2D eigenvalue weighted by Gasteiger charge is -2.42. The Labute approximate surface area is 189 Å². The number of rotatable bonds is 5. The van der Waals surface area contributed by atoms with Crippen LogP contribution in [-0.2, 0) is 11.3 Å². The summed E-state index contributed by atoms with van der Waals surface area (Å²) in [6.07, 6.45) is 11.9. The summed E-state index contributed by atoms with van der Waals surface area (Å²) in [7, 11) is 0. The van der Waals surface area contributed by atoms with E-state index in [0.29, 0.717) is 12.1 Å². The number of aromatic nitrogens is 2. The predicted octanol–water partition coefficient (Wildman–Crippen LogP) is 6.34. The lowest BCUT2D eigenvalue weighted by molar-refractivity contribution is -0.138. The number of carbonyl (C=O) groups excluding carboxylic acids is 1. The van der Waals surface area contributed by atoms with Crippen molar-refractivity contribution in [1.82, 2.24) is 14.5 Å². The topological polar surface area (TPSA) is 38.1 Å². The fourth-order valence-corrected chi connectivity index (χ4v) is 5.70.